The van der Waals surface area contributed by atoms with Gasteiger partial charge in [-0.2, -0.15) is 0 Å². The molecule has 0 bridgehead atoms. The van der Waals surface area contributed by atoms with Crippen LogP contribution in [0, 0.1) is 23.2 Å². The summed E-state index contributed by atoms with van der Waals surface area (Å²) in [6.07, 6.45) is 1.25. The van der Waals surface area contributed by atoms with Crippen LogP contribution in [0.3, 0.4) is 0 Å². The van der Waals surface area contributed by atoms with Crippen LogP contribution in [0.1, 0.15) is 72.6 Å². The molecule has 2 heterocycles. The van der Waals surface area contributed by atoms with Gasteiger partial charge in [0, 0.05) is 19.0 Å². The predicted molar refractivity (Wildman–Crippen MR) is 164 cm³/mol. The maximum atomic E-state index is 13.8. The third-order valence-corrected chi connectivity index (χ3v) is 8.73. The van der Waals surface area contributed by atoms with E-state index < -0.39 is 65.5 Å². The molecule has 2 fully saturated rings. The Bertz CT molecular complexity index is 1300. The Hall–Kier alpha value is -4.29. The topological polar surface area (TPSA) is 169 Å². The minimum absolute atomic E-state index is 0.000540. The maximum absolute atomic E-state index is 13.8. The first-order valence-corrected chi connectivity index (χ1v) is 16.1. The number of Topliss-reactive ketones (excluding diaryl/α,β-unsaturated/α-hetero) is 1. The summed E-state index contributed by atoms with van der Waals surface area (Å²) >= 11 is 0. The summed E-state index contributed by atoms with van der Waals surface area (Å²) in [6, 6.07) is 8.36. The number of rotatable bonds is 19. The summed E-state index contributed by atoms with van der Waals surface area (Å²) in [5.74, 6) is -6.88. The molecule has 5 atom stereocenters. The number of benzene rings is 1. The normalized spacial score (nSPS) is 20.2. The third kappa shape index (κ3) is 9.85. The Morgan fingerprint density at radius 2 is 1.62 bits per heavy atom. The molecule has 5 unspecified atom stereocenters. The van der Waals surface area contributed by atoms with E-state index >= 15 is 0 Å². The van der Waals surface area contributed by atoms with Gasteiger partial charge in [0.15, 0.2) is 0 Å². The largest absolute Gasteiger partial charge is 0.490 e. The quantitative estimate of drug-likeness (QED) is 0.0922. The molecule has 258 valence electrons. The van der Waals surface area contributed by atoms with E-state index in [1.54, 1.807) is 30.9 Å². The second kappa shape index (κ2) is 17.6. The molecule has 47 heavy (non-hydrogen) atoms. The zero-order valence-electron chi connectivity index (χ0n) is 27.5. The monoisotopic (exact) mass is 659 g/mol. The molecule has 0 aromatic heterocycles. The van der Waals surface area contributed by atoms with Crippen LogP contribution in [0.2, 0.25) is 0 Å². The van der Waals surface area contributed by atoms with Gasteiger partial charge in [-0.15, -0.1) is 0 Å². The number of ether oxygens (including phenoxy) is 5. The molecule has 2 aliphatic heterocycles. The first kappa shape index (κ1) is 37.2. The van der Waals surface area contributed by atoms with Gasteiger partial charge in [0.25, 0.3) is 0 Å². The fraction of sp³-hybridized carbons (Fsp3) is 0.618. The number of nitrogens with zero attached hydrogens (tertiary/aromatic N) is 1. The zero-order chi connectivity index (χ0) is 34.6. The molecule has 3 rings (SSSR count). The van der Waals surface area contributed by atoms with Gasteiger partial charge in [0.2, 0.25) is 5.91 Å². The van der Waals surface area contributed by atoms with Gasteiger partial charge < -0.3 is 28.6 Å². The Morgan fingerprint density at radius 1 is 0.936 bits per heavy atom. The minimum atomic E-state index is -1.67. The smallest absolute Gasteiger partial charge is 0.319 e. The van der Waals surface area contributed by atoms with E-state index in [9.17, 15) is 33.6 Å². The molecular weight excluding hydrogens is 614 g/mol. The van der Waals surface area contributed by atoms with E-state index in [-0.39, 0.29) is 51.0 Å². The fourth-order valence-corrected chi connectivity index (χ4v) is 6.23. The van der Waals surface area contributed by atoms with Gasteiger partial charge in [-0.25, -0.2) is 0 Å². The average Bonchev–Trinajstić information content (AvgIpc) is 3.59. The summed E-state index contributed by atoms with van der Waals surface area (Å²) in [7, 11) is 0. The van der Waals surface area contributed by atoms with Crippen molar-refractivity contribution in [2.45, 2.75) is 78.7 Å². The van der Waals surface area contributed by atoms with Crippen LogP contribution in [0.25, 0.3) is 0 Å². The van der Waals surface area contributed by atoms with Crippen LogP contribution in [-0.4, -0.2) is 85.5 Å². The number of cyclic esters (lactones) is 2. The van der Waals surface area contributed by atoms with Gasteiger partial charge in [0.1, 0.15) is 44.4 Å². The molecule has 1 amide bonds. The first-order valence-electron chi connectivity index (χ1n) is 16.1. The fourth-order valence-electron chi connectivity index (χ4n) is 6.23. The number of hydrogen-bond donors (Lipinski definition) is 0. The highest BCUT2D eigenvalue weighted by atomic mass is 16.6. The van der Waals surface area contributed by atoms with Crippen molar-refractivity contribution in [1.29, 1.82) is 0 Å². The second-order valence-electron chi connectivity index (χ2n) is 12.0. The standard InChI is InChI=1S/C34H45NO12/c1-5-23(30(39)45-19-17-43-24-11-8-7-9-12-24)14-15-34(4,33(42)46-20-18-44-27(38)21-22(3)36)29-28(31(40)47-32(29)41)25(6-2)35-16-10-13-26(35)37/h7-9,11-12,23,25,28-29H,5-6,10,13-21H2,1-4H3. The van der Waals surface area contributed by atoms with E-state index in [4.69, 9.17) is 23.7 Å². The van der Waals surface area contributed by atoms with Crippen LogP contribution in [0.4, 0.5) is 0 Å². The number of carbonyl (C=O) groups is 7. The number of esters is 5. The van der Waals surface area contributed by atoms with Crippen LogP contribution >= 0.6 is 0 Å². The molecule has 0 aliphatic carbocycles. The lowest BCUT2D eigenvalue weighted by Gasteiger charge is -2.38. The van der Waals surface area contributed by atoms with Crippen molar-refractivity contribution < 1.29 is 57.2 Å². The van der Waals surface area contributed by atoms with Crippen molar-refractivity contribution in [3.8, 4) is 5.75 Å². The molecule has 2 saturated heterocycles. The average molecular weight is 660 g/mol. The molecule has 0 spiro atoms. The molecule has 0 radical (unpaired) electrons. The SMILES string of the molecule is CCC(CCC(C)(C(=O)OCCOC(=O)CC(C)=O)C1C(=O)OC(=O)C1C(CC)N1CCCC1=O)C(=O)OCCOc1ccccc1. The number of carbonyl (C=O) groups excluding carboxylic acids is 7. The molecule has 2 aliphatic rings. The molecule has 13 heteroatoms. The highest BCUT2D eigenvalue weighted by molar-refractivity contribution is 6.00. The molecule has 1 aromatic rings. The number of amides is 1. The molecular formula is C34H45NO12. The summed E-state index contributed by atoms with van der Waals surface area (Å²) in [5, 5.41) is 0. The number of hydrogen-bond acceptors (Lipinski definition) is 12. The summed E-state index contributed by atoms with van der Waals surface area (Å²) in [5.41, 5.74) is -1.67. The lowest BCUT2D eigenvalue weighted by Crippen LogP contribution is -2.51. The highest BCUT2D eigenvalue weighted by Gasteiger charge is 2.60. The summed E-state index contributed by atoms with van der Waals surface area (Å²) in [4.78, 5) is 90.6. The van der Waals surface area contributed by atoms with Crippen molar-refractivity contribution >= 4 is 41.5 Å². The van der Waals surface area contributed by atoms with E-state index in [2.05, 4.69) is 0 Å². The predicted octanol–water partition coefficient (Wildman–Crippen LogP) is 3.20. The Morgan fingerprint density at radius 3 is 2.23 bits per heavy atom. The van der Waals surface area contributed by atoms with Crippen molar-refractivity contribution in [2.24, 2.45) is 23.2 Å². The van der Waals surface area contributed by atoms with Crippen LogP contribution in [-0.2, 0) is 52.5 Å². The van der Waals surface area contributed by atoms with Crippen molar-refractivity contribution in [3.05, 3.63) is 30.3 Å². The second-order valence-corrected chi connectivity index (χ2v) is 12.0. The highest BCUT2D eigenvalue weighted by Crippen LogP contribution is 2.47. The molecule has 1 aromatic carbocycles. The number of likely N-dealkylation sites (tertiary alicyclic amines) is 1. The van der Waals surface area contributed by atoms with Crippen LogP contribution < -0.4 is 4.74 Å². The molecule has 13 nitrogen and oxygen atoms in total. The lowest BCUT2D eigenvalue weighted by molar-refractivity contribution is -0.169. The van der Waals surface area contributed by atoms with E-state index in [0.717, 1.165) is 0 Å². The lowest BCUT2D eigenvalue weighted by atomic mass is 9.65. The van der Waals surface area contributed by atoms with Crippen molar-refractivity contribution in [2.75, 3.05) is 33.0 Å². The van der Waals surface area contributed by atoms with Gasteiger partial charge >= 0.3 is 29.8 Å². The minimum Gasteiger partial charge on any atom is -0.490 e. The zero-order valence-corrected chi connectivity index (χ0v) is 27.5. The third-order valence-electron chi connectivity index (χ3n) is 8.73. The molecule has 0 N–H and O–H groups in total. The number of ketones is 1. The van der Waals surface area contributed by atoms with E-state index in [1.807, 2.05) is 18.2 Å². The van der Waals surface area contributed by atoms with Gasteiger partial charge in [-0.3, -0.25) is 33.6 Å². The van der Waals surface area contributed by atoms with Gasteiger partial charge in [0.05, 0.1) is 23.2 Å². The van der Waals surface area contributed by atoms with Crippen LogP contribution in [0.5, 0.6) is 5.75 Å². The molecule has 0 saturated carbocycles. The Labute approximate surface area is 274 Å². The van der Waals surface area contributed by atoms with Crippen molar-refractivity contribution in [1.82, 2.24) is 4.90 Å². The van der Waals surface area contributed by atoms with E-state index in [1.165, 1.54) is 13.8 Å². The Kier molecular flexibility index (Phi) is 13.9. The summed E-state index contributed by atoms with van der Waals surface area (Å²) in [6.45, 7) is 6.14. The van der Waals surface area contributed by atoms with Gasteiger partial charge in [-0.05, 0) is 58.1 Å². The van der Waals surface area contributed by atoms with E-state index in [0.29, 0.717) is 38.0 Å². The van der Waals surface area contributed by atoms with Gasteiger partial charge in [-0.1, -0.05) is 32.0 Å². The van der Waals surface area contributed by atoms with Crippen LogP contribution in [0.15, 0.2) is 30.3 Å². The first-order chi connectivity index (χ1) is 22.4. The Balaban J connectivity index is 1.78. The number of para-hydroxylation sites is 1. The van der Waals surface area contributed by atoms with Crippen molar-refractivity contribution in [3.63, 3.8) is 0 Å². The maximum Gasteiger partial charge on any atom is 0.319 e. The summed E-state index contributed by atoms with van der Waals surface area (Å²) < 4.78 is 26.6.